The number of benzene rings is 2. The Morgan fingerprint density at radius 1 is 1.09 bits per heavy atom. The minimum absolute atomic E-state index is 0.0135. The van der Waals surface area contributed by atoms with Crippen LogP contribution in [0.5, 0.6) is 0 Å². The lowest BCUT2D eigenvalue weighted by Gasteiger charge is -2.31. The van der Waals surface area contributed by atoms with Crippen LogP contribution in [0.3, 0.4) is 0 Å². The van der Waals surface area contributed by atoms with E-state index in [9.17, 15) is 9.59 Å². The van der Waals surface area contributed by atoms with Crippen molar-refractivity contribution in [3.05, 3.63) is 63.9 Å². The first kappa shape index (κ1) is 22.6. The van der Waals surface area contributed by atoms with E-state index < -0.39 is 0 Å². The molecule has 0 aliphatic carbocycles. The fourth-order valence-electron chi connectivity index (χ4n) is 4.36. The second-order valence-corrected chi connectivity index (χ2v) is 9.30. The molecule has 1 aromatic heterocycles. The first-order chi connectivity index (χ1) is 15.5. The van der Waals surface area contributed by atoms with Crippen molar-refractivity contribution in [2.24, 2.45) is 0 Å². The molecule has 1 N–H and O–H groups in total. The highest BCUT2D eigenvalue weighted by Crippen LogP contribution is 2.25. The van der Waals surface area contributed by atoms with Crippen molar-refractivity contribution in [3.8, 4) is 5.69 Å². The average Bonchev–Trinajstić information content (AvgIpc) is 2.79. The number of rotatable bonds is 6. The summed E-state index contributed by atoms with van der Waals surface area (Å²) in [5, 5.41) is 4.29. The highest BCUT2D eigenvalue weighted by atomic mass is 32.2. The van der Waals surface area contributed by atoms with Crippen molar-refractivity contribution in [2.45, 2.75) is 44.8 Å². The molecular weight excluding hydrogens is 420 g/mol. The molecule has 0 saturated carbocycles. The molecule has 0 atom stereocenters. The van der Waals surface area contributed by atoms with Crippen LogP contribution in [0.2, 0.25) is 0 Å². The molecule has 1 aliphatic rings. The Morgan fingerprint density at radius 2 is 1.78 bits per heavy atom. The third-order valence-corrected chi connectivity index (χ3v) is 7.08. The van der Waals surface area contributed by atoms with Gasteiger partial charge < -0.3 is 10.2 Å². The predicted octanol–water partition coefficient (Wildman–Crippen LogP) is 3.70. The van der Waals surface area contributed by atoms with Crippen LogP contribution >= 0.6 is 11.8 Å². The largest absolute Gasteiger partial charge is 0.353 e. The Bertz CT molecular complexity index is 1160. The number of fused-ring (bicyclic) bond motifs is 1. The van der Waals surface area contributed by atoms with E-state index in [1.165, 1.54) is 11.8 Å². The number of para-hydroxylation sites is 2. The number of nitrogens with one attached hydrogen (secondary N) is 1. The third-order valence-electron chi connectivity index (χ3n) is 6.14. The fourth-order valence-corrected chi connectivity index (χ4v) is 5.17. The molecule has 0 bridgehead atoms. The number of amides is 1. The Kier molecular flexibility index (Phi) is 6.96. The summed E-state index contributed by atoms with van der Waals surface area (Å²) >= 11 is 1.32. The molecule has 3 aromatic rings. The van der Waals surface area contributed by atoms with Crippen molar-refractivity contribution in [2.75, 3.05) is 25.4 Å². The summed E-state index contributed by atoms with van der Waals surface area (Å²) in [6.07, 6.45) is 1.96. The van der Waals surface area contributed by atoms with Crippen LogP contribution in [-0.4, -0.2) is 51.8 Å². The summed E-state index contributed by atoms with van der Waals surface area (Å²) < 4.78 is 1.67. The van der Waals surface area contributed by atoms with Gasteiger partial charge in [0.25, 0.3) is 5.56 Å². The standard InChI is InChI=1S/C25H30N4O2S/c1-4-28-14-12-19(13-15-28)26-22(30)16-32-25-27-21-11-6-5-10-20(21)24(31)29(25)23-17(2)8-7-9-18(23)3/h5-11,19H,4,12-16H2,1-3H3,(H,26,30). The number of carbonyl (C=O) groups is 1. The molecule has 1 saturated heterocycles. The van der Waals surface area contributed by atoms with Gasteiger partial charge in [-0.05, 0) is 56.5 Å². The van der Waals surface area contributed by atoms with Gasteiger partial charge in [-0.15, -0.1) is 0 Å². The van der Waals surface area contributed by atoms with Gasteiger partial charge in [0, 0.05) is 19.1 Å². The molecule has 2 heterocycles. The maximum Gasteiger partial charge on any atom is 0.266 e. The monoisotopic (exact) mass is 450 g/mol. The summed E-state index contributed by atoms with van der Waals surface area (Å²) in [5.74, 6) is 0.212. The van der Waals surface area contributed by atoms with E-state index >= 15 is 0 Å². The Hall–Kier alpha value is -2.64. The van der Waals surface area contributed by atoms with Crippen molar-refractivity contribution in [1.29, 1.82) is 0 Å². The zero-order chi connectivity index (χ0) is 22.7. The molecule has 0 spiro atoms. The zero-order valence-corrected chi connectivity index (χ0v) is 19.7. The lowest BCUT2D eigenvalue weighted by atomic mass is 10.1. The van der Waals surface area contributed by atoms with Gasteiger partial charge in [0.1, 0.15) is 0 Å². The maximum atomic E-state index is 13.5. The second kappa shape index (κ2) is 9.88. The molecular formula is C25H30N4O2S. The molecule has 1 fully saturated rings. The predicted molar refractivity (Wildman–Crippen MR) is 131 cm³/mol. The minimum Gasteiger partial charge on any atom is -0.353 e. The van der Waals surface area contributed by atoms with Crippen molar-refractivity contribution in [1.82, 2.24) is 19.8 Å². The van der Waals surface area contributed by atoms with Crippen LogP contribution in [0, 0.1) is 13.8 Å². The van der Waals surface area contributed by atoms with E-state index in [2.05, 4.69) is 17.1 Å². The highest BCUT2D eigenvalue weighted by molar-refractivity contribution is 7.99. The summed E-state index contributed by atoms with van der Waals surface area (Å²) in [7, 11) is 0. The summed E-state index contributed by atoms with van der Waals surface area (Å²) in [6.45, 7) is 9.25. The van der Waals surface area contributed by atoms with E-state index in [4.69, 9.17) is 4.98 Å². The number of thioether (sulfide) groups is 1. The molecule has 7 heteroatoms. The third kappa shape index (κ3) is 4.74. The molecule has 0 unspecified atom stereocenters. The first-order valence-corrected chi connectivity index (χ1v) is 12.2. The number of hydrogen-bond donors (Lipinski definition) is 1. The molecule has 6 nitrogen and oxygen atoms in total. The topological polar surface area (TPSA) is 67.2 Å². The van der Waals surface area contributed by atoms with Gasteiger partial charge in [0.2, 0.25) is 5.91 Å². The fraction of sp³-hybridized carbons (Fsp3) is 0.400. The molecule has 32 heavy (non-hydrogen) atoms. The van der Waals surface area contributed by atoms with Gasteiger partial charge in [-0.2, -0.15) is 0 Å². The van der Waals surface area contributed by atoms with Gasteiger partial charge in [0.15, 0.2) is 5.16 Å². The van der Waals surface area contributed by atoms with Gasteiger partial charge >= 0.3 is 0 Å². The van der Waals surface area contributed by atoms with Gasteiger partial charge in [-0.1, -0.05) is 49.0 Å². The number of aromatic nitrogens is 2. The smallest absolute Gasteiger partial charge is 0.266 e. The van der Waals surface area contributed by atoms with Crippen LogP contribution in [0.25, 0.3) is 16.6 Å². The molecule has 0 radical (unpaired) electrons. The van der Waals surface area contributed by atoms with Crippen LogP contribution in [0.15, 0.2) is 52.4 Å². The Morgan fingerprint density at radius 3 is 2.47 bits per heavy atom. The second-order valence-electron chi connectivity index (χ2n) is 8.36. The average molecular weight is 451 g/mol. The lowest BCUT2D eigenvalue weighted by Crippen LogP contribution is -2.45. The summed E-state index contributed by atoms with van der Waals surface area (Å²) in [5.41, 5.74) is 3.37. The van der Waals surface area contributed by atoms with Crippen molar-refractivity contribution in [3.63, 3.8) is 0 Å². The molecule has 1 aliphatic heterocycles. The number of hydrogen-bond acceptors (Lipinski definition) is 5. The maximum absolute atomic E-state index is 13.5. The van der Waals surface area contributed by atoms with Crippen LogP contribution < -0.4 is 10.9 Å². The number of aryl methyl sites for hydroxylation is 2. The van der Waals surface area contributed by atoms with Gasteiger partial charge in [-0.25, -0.2) is 4.98 Å². The van der Waals surface area contributed by atoms with Crippen LogP contribution in [-0.2, 0) is 4.79 Å². The quantitative estimate of drug-likeness (QED) is 0.458. The normalized spacial score (nSPS) is 15.2. The first-order valence-electron chi connectivity index (χ1n) is 11.2. The van der Waals surface area contributed by atoms with Crippen LogP contribution in [0.4, 0.5) is 0 Å². The number of carbonyl (C=O) groups excluding carboxylic acids is 1. The minimum atomic E-state index is -0.108. The number of nitrogens with zero attached hydrogens (tertiary/aromatic N) is 3. The van der Waals surface area contributed by atoms with E-state index in [1.54, 1.807) is 10.6 Å². The van der Waals surface area contributed by atoms with Crippen LogP contribution in [0.1, 0.15) is 30.9 Å². The van der Waals surface area contributed by atoms with Crippen molar-refractivity contribution < 1.29 is 4.79 Å². The Labute approximate surface area is 193 Å². The van der Waals surface area contributed by atoms with E-state index in [0.717, 1.165) is 49.3 Å². The zero-order valence-electron chi connectivity index (χ0n) is 18.9. The van der Waals surface area contributed by atoms with E-state index in [1.807, 2.05) is 50.2 Å². The highest BCUT2D eigenvalue weighted by Gasteiger charge is 2.21. The molecule has 4 rings (SSSR count). The number of likely N-dealkylation sites (tertiary alicyclic amines) is 1. The van der Waals surface area contributed by atoms with Crippen molar-refractivity contribution >= 4 is 28.6 Å². The summed E-state index contributed by atoms with van der Waals surface area (Å²) in [4.78, 5) is 33.4. The van der Waals surface area contributed by atoms with E-state index in [0.29, 0.717) is 16.1 Å². The Balaban J connectivity index is 1.61. The summed E-state index contributed by atoms with van der Waals surface area (Å²) in [6, 6.07) is 13.6. The van der Waals surface area contributed by atoms with Gasteiger partial charge in [-0.3, -0.25) is 14.2 Å². The molecule has 1 amide bonds. The van der Waals surface area contributed by atoms with Gasteiger partial charge in [0.05, 0.1) is 22.3 Å². The molecule has 2 aromatic carbocycles. The lowest BCUT2D eigenvalue weighted by molar-refractivity contribution is -0.119. The SMILES string of the molecule is CCN1CCC(NC(=O)CSc2nc3ccccc3c(=O)n2-c2c(C)cccc2C)CC1. The molecule has 168 valence electrons. The van der Waals surface area contributed by atoms with E-state index in [-0.39, 0.29) is 23.3 Å². The number of piperidine rings is 1.